The van der Waals surface area contributed by atoms with Crippen molar-refractivity contribution in [3.05, 3.63) is 28.8 Å². The van der Waals surface area contributed by atoms with Crippen molar-refractivity contribution in [1.82, 2.24) is 16.2 Å². The predicted molar refractivity (Wildman–Crippen MR) is 94.5 cm³/mol. The highest BCUT2D eigenvalue weighted by atomic mass is 32.1. The van der Waals surface area contributed by atoms with Gasteiger partial charge in [0.15, 0.2) is 11.7 Å². The van der Waals surface area contributed by atoms with E-state index in [0.717, 1.165) is 16.9 Å². The summed E-state index contributed by atoms with van der Waals surface area (Å²) in [5, 5.41) is 3.30. The molecule has 1 aromatic rings. The van der Waals surface area contributed by atoms with Gasteiger partial charge in [0, 0.05) is 13.2 Å². The van der Waals surface area contributed by atoms with Crippen molar-refractivity contribution >= 4 is 23.2 Å². The Hall–Kier alpha value is -1.86. The van der Waals surface area contributed by atoms with Crippen molar-refractivity contribution < 1.29 is 14.3 Å². The minimum Gasteiger partial charge on any atom is -0.483 e. The highest BCUT2D eigenvalue weighted by Gasteiger charge is 2.09. The zero-order chi connectivity index (χ0) is 17.4. The van der Waals surface area contributed by atoms with E-state index in [9.17, 15) is 4.79 Å². The normalized spacial score (nSPS) is 11.5. The summed E-state index contributed by atoms with van der Waals surface area (Å²) in [6.45, 7) is 8.30. The first-order chi connectivity index (χ1) is 10.8. The van der Waals surface area contributed by atoms with Crippen LogP contribution in [0.5, 0.6) is 5.75 Å². The molecule has 6 nitrogen and oxygen atoms in total. The van der Waals surface area contributed by atoms with Crippen LogP contribution >= 0.6 is 12.2 Å². The molecule has 0 saturated carbocycles. The molecule has 1 aromatic carbocycles. The van der Waals surface area contributed by atoms with Crippen LogP contribution in [0.15, 0.2) is 12.1 Å². The van der Waals surface area contributed by atoms with Crippen LogP contribution in [-0.4, -0.2) is 37.4 Å². The first-order valence-electron chi connectivity index (χ1n) is 7.38. The summed E-state index contributed by atoms with van der Waals surface area (Å²) in [4.78, 5) is 11.8. The molecular formula is C16H25N3O3S. The van der Waals surface area contributed by atoms with E-state index in [0.29, 0.717) is 11.7 Å². The second kappa shape index (κ2) is 9.32. The summed E-state index contributed by atoms with van der Waals surface area (Å²) < 4.78 is 10.6. The number of rotatable bonds is 6. The average molecular weight is 339 g/mol. The molecule has 3 N–H and O–H groups in total. The lowest BCUT2D eigenvalue weighted by molar-refractivity contribution is -0.123. The zero-order valence-electron chi connectivity index (χ0n) is 14.3. The Morgan fingerprint density at radius 3 is 2.39 bits per heavy atom. The molecule has 0 unspecified atom stereocenters. The Balaban J connectivity index is 2.39. The molecule has 0 saturated heterocycles. The van der Waals surface area contributed by atoms with Crippen molar-refractivity contribution in [1.29, 1.82) is 0 Å². The maximum atomic E-state index is 11.8. The lowest BCUT2D eigenvalue weighted by atomic mass is 10.1. The highest BCUT2D eigenvalue weighted by Crippen LogP contribution is 2.24. The van der Waals surface area contributed by atoms with Crippen molar-refractivity contribution in [2.24, 2.45) is 0 Å². The third-order valence-electron chi connectivity index (χ3n) is 3.06. The molecular weight excluding hydrogens is 314 g/mol. The maximum absolute atomic E-state index is 11.8. The van der Waals surface area contributed by atoms with Crippen LogP contribution in [0.3, 0.4) is 0 Å². The third kappa shape index (κ3) is 6.83. The highest BCUT2D eigenvalue weighted by molar-refractivity contribution is 7.80. The van der Waals surface area contributed by atoms with Gasteiger partial charge in [-0.15, -0.1) is 0 Å². The fraction of sp³-hybridized carbons (Fsp3) is 0.500. The van der Waals surface area contributed by atoms with E-state index < -0.39 is 0 Å². The van der Waals surface area contributed by atoms with E-state index in [4.69, 9.17) is 21.7 Å². The van der Waals surface area contributed by atoms with Gasteiger partial charge in [-0.2, -0.15) is 0 Å². The van der Waals surface area contributed by atoms with Gasteiger partial charge in [0.05, 0.1) is 6.61 Å². The molecule has 23 heavy (non-hydrogen) atoms. The van der Waals surface area contributed by atoms with E-state index >= 15 is 0 Å². The van der Waals surface area contributed by atoms with Gasteiger partial charge in [-0.25, -0.2) is 0 Å². The minimum absolute atomic E-state index is 0.0472. The second-order valence-corrected chi connectivity index (χ2v) is 5.93. The largest absolute Gasteiger partial charge is 0.483 e. The number of benzene rings is 1. The molecule has 0 spiro atoms. The fourth-order valence-corrected chi connectivity index (χ4v) is 2.50. The molecule has 0 aromatic heterocycles. The molecule has 128 valence electrons. The Morgan fingerprint density at radius 1 is 1.22 bits per heavy atom. The van der Waals surface area contributed by atoms with Crippen LogP contribution in [0, 0.1) is 20.8 Å². The third-order valence-corrected chi connectivity index (χ3v) is 3.28. The van der Waals surface area contributed by atoms with Crippen LogP contribution < -0.4 is 20.9 Å². The molecule has 1 amide bonds. The zero-order valence-corrected chi connectivity index (χ0v) is 15.1. The topological polar surface area (TPSA) is 71.6 Å². The standard InChI is InChI=1S/C16H25N3O3S/c1-10-6-11(2)15(12(3)7-10)22-9-14(20)18-19-16(23)17-13(4)8-21-5/h6-7,13H,8-9H2,1-5H3,(H,18,20)(H2,17,19,23)/t13-/m0/s1. The SMILES string of the molecule is COC[C@H](C)NC(=S)NNC(=O)COc1c(C)cc(C)cc1C. The molecule has 0 bridgehead atoms. The number of thiocarbonyl (C=S) groups is 1. The Morgan fingerprint density at radius 2 is 1.83 bits per heavy atom. The van der Waals surface area contributed by atoms with Crippen molar-refractivity contribution in [3.63, 3.8) is 0 Å². The Bertz CT molecular complexity index is 540. The number of nitrogens with one attached hydrogen (secondary N) is 3. The van der Waals surface area contributed by atoms with Crippen molar-refractivity contribution in [3.8, 4) is 5.75 Å². The Kier molecular flexibility index (Phi) is 7.77. The minimum atomic E-state index is -0.312. The number of amides is 1. The van der Waals surface area contributed by atoms with Crippen LogP contribution in [0.1, 0.15) is 23.6 Å². The second-order valence-electron chi connectivity index (χ2n) is 5.52. The van der Waals surface area contributed by atoms with Crippen LogP contribution in [0.4, 0.5) is 0 Å². The fourth-order valence-electron chi connectivity index (χ4n) is 2.25. The number of methoxy groups -OCH3 is 1. The number of aryl methyl sites for hydroxylation is 3. The lowest BCUT2D eigenvalue weighted by Crippen LogP contribution is -2.50. The monoisotopic (exact) mass is 339 g/mol. The summed E-state index contributed by atoms with van der Waals surface area (Å²) >= 11 is 5.06. The van der Waals surface area contributed by atoms with Gasteiger partial charge in [0.25, 0.3) is 5.91 Å². The summed E-state index contributed by atoms with van der Waals surface area (Å²) in [6, 6.07) is 4.09. The number of ether oxygens (including phenoxy) is 2. The number of hydrazine groups is 1. The predicted octanol–water partition coefficient (Wildman–Crippen LogP) is 1.52. The summed E-state index contributed by atoms with van der Waals surface area (Å²) in [5.74, 6) is 0.424. The van der Waals surface area contributed by atoms with Gasteiger partial charge in [-0.3, -0.25) is 15.6 Å². The quantitative estimate of drug-likeness (QED) is 0.539. The molecule has 0 aliphatic rings. The molecule has 7 heteroatoms. The number of carbonyl (C=O) groups excluding carboxylic acids is 1. The summed E-state index contributed by atoms with van der Waals surface area (Å²) in [6.07, 6.45) is 0. The molecule has 0 radical (unpaired) electrons. The van der Waals surface area contributed by atoms with Crippen LogP contribution in [0.25, 0.3) is 0 Å². The number of hydrogen-bond donors (Lipinski definition) is 3. The molecule has 0 aliphatic carbocycles. The van der Waals surface area contributed by atoms with E-state index in [1.54, 1.807) is 7.11 Å². The van der Waals surface area contributed by atoms with E-state index in [1.807, 2.05) is 39.8 Å². The van der Waals surface area contributed by atoms with Gasteiger partial charge in [0.2, 0.25) is 0 Å². The lowest BCUT2D eigenvalue weighted by Gasteiger charge is -2.17. The van der Waals surface area contributed by atoms with E-state index in [1.165, 1.54) is 5.56 Å². The number of hydrogen-bond acceptors (Lipinski definition) is 4. The van der Waals surface area contributed by atoms with Crippen LogP contribution in [-0.2, 0) is 9.53 Å². The summed E-state index contributed by atoms with van der Waals surface area (Å²) in [7, 11) is 1.61. The molecule has 0 fully saturated rings. The van der Waals surface area contributed by atoms with E-state index in [-0.39, 0.29) is 18.6 Å². The first kappa shape index (κ1) is 19.2. The average Bonchev–Trinajstić information content (AvgIpc) is 2.44. The van der Waals surface area contributed by atoms with Gasteiger partial charge in [-0.05, 0) is 51.0 Å². The maximum Gasteiger partial charge on any atom is 0.276 e. The number of carbonyl (C=O) groups is 1. The Labute approximate surface area is 142 Å². The van der Waals surface area contributed by atoms with Gasteiger partial charge < -0.3 is 14.8 Å². The van der Waals surface area contributed by atoms with Gasteiger partial charge in [0.1, 0.15) is 5.75 Å². The smallest absolute Gasteiger partial charge is 0.276 e. The molecule has 1 rings (SSSR count). The first-order valence-corrected chi connectivity index (χ1v) is 7.79. The van der Waals surface area contributed by atoms with Gasteiger partial charge >= 0.3 is 0 Å². The molecule has 0 aliphatic heterocycles. The molecule has 1 atom stereocenters. The van der Waals surface area contributed by atoms with Gasteiger partial charge in [-0.1, -0.05) is 17.7 Å². The van der Waals surface area contributed by atoms with Crippen LogP contribution in [0.2, 0.25) is 0 Å². The van der Waals surface area contributed by atoms with Crippen molar-refractivity contribution in [2.45, 2.75) is 33.7 Å². The summed E-state index contributed by atoms with van der Waals surface area (Å²) in [5.41, 5.74) is 8.31. The van der Waals surface area contributed by atoms with E-state index in [2.05, 4.69) is 16.2 Å². The van der Waals surface area contributed by atoms with Crippen molar-refractivity contribution in [2.75, 3.05) is 20.3 Å². The molecule has 0 heterocycles.